The molecule has 8 heteroatoms. The number of ether oxygens (including phenoxy) is 1. The Morgan fingerprint density at radius 1 is 1.12 bits per heavy atom. The molecule has 1 aliphatic heterocycles. The Morgan fingerprint density at radius 3 is 2.75 bits per heavy atom. The van der Waals surface area contributed by atoms with Crippen molar-refractivity contribution in [3.8, 4) is 11.3 Å². The monoisotopic (exact) mass is 448 g/mol. The fourth-order valence-electron chi connectivity index (χ4n) is 3.74. The highest BCUT2D eigenvalue weighted by Crippen LogP contribution is 2.31. The highest BCUT2D eigenvalue weighted by Gasteiger charge is 2.25. The second-order valence-corrected chi connectivity index (χ2v) is 8.83. The largest absolute Gasteiger partial charge is 0.379 e. The lowest BCUT2D eigenvalue weighted by Crippen LogP contribution is -2.43. The summed E-state index contributed by atoms with van der Waals surface area (Å²) in [5, 5.41) is 4.75. The smallest absolute Gasteiger partial charge is 0.282 e. The van der Waals surface area contributed by atoms with E-state index in [1.807, 2.05) is 42.5 Å². The zero-order valence-electron chi connectivity index (χ0n) is 17.9. The van der Waals surface area contributed by atoms with E-state index in [0.29, 0.717) is 17.4 Å². The maximum Gasteiger partial charge on any atom is 0.282 e. The van der Waals surface area contributed by atoms with Crippen LogP contribution in [-0.4, -0.2) is 60.3 Å². The van der Waals surface area contributed by atoms with E-state index < -0.39 is 0 Å². The Kier molecular flexibility index (Phi) is 5.98. The maximum absolute atomic E-state index is 13.5. The van der Waals surface area contributed by atoms with Crippen molar-refractivity contribution in [2.75, 3.05) is 44.3 Å². The van der Waals surface area contributed by atoms with E-state index >= 15 is 0 Å². The molecule has 0 saturated carbocycles. The lowest BCUT2D eigenvalue weighted by Gasteiger charge is -2.28. The quantitative estimate of drug-likeness (QED) is 0.439. The van der Waals surface area contributed by atoms with E-state index in [2.05, 4.69) is 23.0 Å². The first-order chi connectivity index (χ1) is 15.7. The van der Waals surface area contributed by atoms with Gasteiger partial charge < -0.3 is 9.26 Å². The number of aromatic nitrogens is 2. The van der Waals surface area contributed by atoms with Crippen LogP contribution in [0.25, 0.3) is 21.5 Å². The van der Waals surface area contributed by atoms with Crippen LogP contribution in [0.3, 0.4) is 0 Å². The van der Waals surface area contributed by atoms with Crippen LogP contribution in [-0.2, 0) is 4.74 Å². The van der Waals surface area contributed by atoms with Crippen LogP contribution >= 0.6 is 11.3 Å². The number of aryl methyl sites for hydroxylation is 1. The molecule has 4 aromatic rings. The van der Waals surface area contributed by atoms with Gasteiger partial charge in [0.05, 0.1) is 23.4 Å². The fourth-order valence-corrected chi connectivity index (χ4v) is 4.83. The number of morpholine rings is 1. The number of nitrogens with zero attached hydrogens (tertiary/aromatic N) is 4. The number of rotatable bonds is 6. The van der Waals surface area contributed by atoms with E-state index in [1.54, 1.807) is 11.0 Å². The SMILES string of the molecule is Cc1ccc2nc(N(CCN3CCOCC3)C(=O)c3cc(-c4ccccc4)on3)sc2c1. The predicted octanol–water partition coefficient (Wildman–Crippen LogP) is 4.24. The lowest BCUT2D eigenvalue weighted by molar-refractivity contribution is 0.0391. The van der Waals surface area contributed by atoms with Crippen LogP contribution in [0.15, 0.2) is 59.1 Å². The van der Waals surface area contributed by atoms with E-state index in [0.717, 1.165) is 48.6 Å². The minimum atomic E-state index is -0.208. The van der Waals surface area contributed by atoms with Gasteiger partial charge in [-0.1, -0.05) is 52.9 Å². The van der Waals surface area contributed by atoms with Crippen LogP contribution in [0.4, 0.5) is 5.13 Å². The van der Waals surface area contributed by atoms with Gasteiger partial charge in [0.15, 0.2) is 16.6 Å². The molecular formula is C24H24N4O3S. The minimum Gasteiger partial charge on any atom is -0.379 e. The molecule has 0 radical (unpaired) electrons. The van der Waals surface area contributed by atoms with Crippen molar-refractivity contribution >= 4 is 32.6 Å². The molecule has 0 bridgehead atoms. The molecule has 2 aromatic heterocycles. The topological polar surface area (TPSA) is 71.7 Å². The third-order valence-corrected chi connectivity index (χ3v) is 6.58. The number of carbonyl (C=O) groups is 1. The second-order valence-electron chi connectivity index (χ2n) is 7.82. The average Bonchev–Trinajstić information content (AvgIpc) is 3.48. The normalized spacial score (nSPS) is 14.7. The average molecular weight is 449 g/mol. The predicted molar refractivity (Wildman–Crippen MR) is 125 cm³/mol. The van der Waals surface area contributed by atoms with E-state index in [9.17, 15) is 4.79 Å². The number of carbonyl (C=O) groups excluding carboxylic acids is 1. The van der Waals surface area contributed by atoms with Gasteiger partial charge in [0.25, 0.3) is 5.91 Å². The van der Waals surface area contributed by atoms with Crippen LogP contribution in [0, 0.1) is 6.92 Å². The van der Waals surface area contributed by atoms with E-state index in [4.69, 9.17) is 14.2 Å². The highest BCUT2D eigenvalue weighted by atomic mass is 32.1. The van der Waals surface area contributed by atoms with Crippen LogP contribution in [0.5, 0.6) is 0 Å². The molecule has 1 saturated heterocycles. The minimum absolute atomic E-state index is 0.208. The summed E-state index contributed by atoms with van der Waals surface area (Å²) in [5.41, 5.74) is 3.23. The summed E-state index contributed by atoms with van der Waals surface area (Å²) in [6.07, 6.45) is 0. The van der Waals surface area contributed by atoms with E-state index in [-0.39, 0.29) is 11.6 Å². The summed E-state index contributed by atoms with van der Waals surface area (Å²) in [4.78, 5) is 22.3. The maximum atomic E-state index is 13.5. The van der Waals surface area contributed by atoms with Crippen molar-refractivity contribution in [2.24, 2.45) is 0 Å². The number of hydrogen-bond acceptors (Lipinski definition) is 7. The van der Waals surface area contributed by atoms with Crippen molar-refractivity contribution in [2.45, 2.75) is 6.92 Å². The standard InChI is InChI=1S/C24H24N4O3S/c1-17-7-8-19-22(15-17)32-24(25-19)28(10-9-27-11-13-30-14-12-27)23(29)20-16-21(31-26-20)18-5-3-2-4-6-18/h2-8,15-16H,9-14H2,1H3. The molecule has 0 aliphatic carbocycles. The number of hydrogen-bond donors (Lipinski definition) is 0. The zero-order chi connectivity index (χ0) is 21.9. The lowest BCUT2D eigenvalue weighted by atomic mass is 10.1. The zero-order valence-corrected chi connectivity index (χ0v) is 18.7. The van der Waals surface area contributed by atoms with Crippen LogP contribution in [0.1, 0.15) is 16.1 Å². The molecule has 0 unspecified atom stereocenters. The molecule has 7 nitrogen and oxygen atoms in total. The number of thiazole rings is 1. The number of benzene rings is 2. The molecule has 3 heterocycles. The molecule has 0 spiro atoms. The molecule has 164 valence electrons. The van der Waals surface area contributed by atoms with Crippen molar-refractivity contribution < 1.29 is 14.1 Å². The Hall–Kier alpha value is -3.07. The molecule has 1 fully saturated rings. The van der Waals surface area contributed by atoms with Crippen LogP contribution < -0.4 is 4.90 Å². The first kappa shape index (κ1) is 20.8. The third kappa shape index (κ3) is 4.43. The van der Waals surface area contributed by atoms with Crippen molar-refractivity contribution in [1.82, 2.24) is 15.0 Å². The van der Waals surface area contributed by atoms with Crippen molar-refractivity contribution in [3.05, 3.63) is 65.9 Å². The summed E-state index contributed by atoms with van der Waals surface area (Å²) in [6, 6.07) is 17.5. The van der Waals surface area contributed by atoms with Crippen molar-refractivity contribution in [3.63, 3.8) is 0 Å². The van der Waals surface area contributed by atoms with Crippen LogP contribution in [0.2, 0.25) is 0 Å². The van der Waals surface area contributed by atoms with E-state index in [1.165, 1.54) is 16.9 Å². The first-order valence-corrected chi connectivity index (χ1v) is 11.5. The molecular weight excluding hydrogens is 424 g/mol. The van der Waals surface area contributed by atoms with Gasteiger partial charge in [-0.15, -0.1) is 0 Å². The number of fused-ring (bicyclic) bond motifs is 1. The van der Waals surface area contributed by atoms with Gasteiger partial charge in [0, 0.05) is 37.8 Å². The molecule has 1 aliphatic rings. The summed E-state index contributed by atoms with van der Waals surface area (Å²) in [5.74, 6) is 0.363. The van der Waals surface area contributed by atoms with Gasteiger partial charge in [-0.25, -0.2) is 4.98 Å². The third-order valence-electron chi connectivity index (χ3n) is 5.54. The van der Waals surface area contributed by atoms with Gasteiger partial charge in [0.1, 0.15) is 0 Å². The Balaban J connectivity index is 1.44. The molecule has 32 heavy (non-hydrogen) atoms. The van der Waals surface area contributed by atoms with Gasteiger partial charge in [-0.05, 0) is 24.6 Å². The van der Waals surface area contributed by atoms with Gasteiger partial charge in [-0.3, -0.25) is 14.6 Å². The summed E-state index contributed by atoms with van der Waals surface area (Å²) < 4.78 is 12.0. The molecule has 1 amide bonds. The molecule has 0 N–H and O–H groups in total. The van der Waals surface area contributed by atoms with Gasteiger partial charge >= 0.3 is 0 Å². The summed E-state index contributed by atoms with van der Waals surface area (Å²) >= 11 is 1.52. The summed E-state index contributed by atoms with van der Waals surface area (Å²) in [6.45, 7) is 6.49. The molecule has 0 atom stereocenters. The first-order valence-electron chi connectivity index (χ1n) is 10.7. The molecule has 2 aromatic carbocycles. The summed E-state index contributed by atoms with van der Waals surface area (Å²) in [7, 11) is 0. The fraction of sp³-hybridized carbons (Fsp3) is 0.292. The second kappa shape index (κ2) is 9.20. The number of anilines is 1. The molecule has 5 rings (SSSR count). The number of amides is 1. The van der Waals surface area contributed by atoms with Crippen molar-refractivity contribution in [1.29, 1.82) is 0 Å². The van der Waals surface area contributed by atoms with Gasteiger partial charge in [-0.2, -0.15) is 0 Å². The Morgan fingerprint density at radius 2 is 1.94 bits per heavy atom. The van der Waals surface area contributed by atoms with Gasteiger partial charge in [0.2, 0.25) is 0 Å². The Bertz CT molecular complexity index is 1210. The highest BCUT2D eigenvalue weighted by molar-refractivity contribution is 7.22. The Labute approximate surface area is 190 Å².